The fraction of sp³-hybridized carbons (Fsp3) is 0.294. The fourth-order valence-electron chi connectivity index (χ4n) is 2.31. The number of rotatable bonds is 5. The Morgan fingerprint density at radius 1 is 1.05 bits per heavy atom. The molecule has 2 heteroatoms. The predicted octanol–water partition coefficient (Wildman–Crippen LogP) is 3.29. The van der Waals surface area contributed by atoms with E-state index in [2.05, 4.69) is 37.3 Å². The third kappa shape index (κ3) is 3.36. The molecule has 0 aliphatic carbocycles. The van der Waals surface area contributed by atoms with Gasteiger partial charge in [0.25, 0.3) is 0 Å². The molecular formula is C17H21NO. The summed E-state index contributed by atoms with van der Waals surface area (Å²) in [7, 11) is 1.71. The maximum atomic E-state index is 5.94. The molecule has 0 bridgehead atoms. The van der Waals surface area contributed by atoms with Crippen molar-refractivity contribution in [2.24, 2.45) is 5.73 Å². The minimum absolute atomic E-state index is 0.330. The topological polar surface area (TPSA) is 35.2 Å². The summed E-state index contributed by atoms with van der Waals surface area (Å²) in [5.74, 6) is 1.27. The summed E-state index contributed by atoms with van der Waals surface area (Å²) in [4.78, 5) is 0. The van der Waals surface area contributed by atoms with Crippen molar-refractivity contribution >= 4 is 0 Å². The van der Waals surface area contributed by atoms with Crippen molar-refractivity contribution in [1.82, 2.24) is 0 Å². The molecule has 0 spiro atoms. The highest BCUT2D eigenvalue weighted by Crippen LogP contribution is 2.26. The monoisotopic (exact) mass is 255 g/mol. The van der Waals surface area contributed by atoms with Crippen LogP contribution in [0.5, 0.6) is 5.75 Å². The van der Waals surface area contributed by atoms with Gasteiger partial charge in [-0.1, -0.05) is 48.0 Å². The molecule has 2 rings (SSSR count). The van der Waals surface area contributed by atoms with E-state index in [1.165, 1.54) is 16.7 Å². The zero-order chi connectivity index (χ0) is 13.7. The minimum atomic E-state index is 0.330. The second-order valence-corrected chi connectivity index (χ2v) is 4.86. The molecule has 0 saturated heterocycles. The molecule has 0 fully saturated rings. The van der Waals surface area contributed by atoms with E-state index in [1.54, 1.807) is 7.11 Å². The van der Waals surface area contributed by atoms with E-state index in [1.807, 2.05) is 18.2 Å². The van der Waals surface area contributed by atoms with Crippen LogP contribution in [0, 0.1) is 6.92 Å². The maximum absolute atomic E-state index is 5.94. The summed E-state index contributed by atoms with van der Waals surface area (Å²) in [5.41, 5.74) is 9.72. The van der Waals surface area contributed by atoms with Gasteiger partial charge in [0.1, 0.15) is 5.75 Å². The van der Waals surface area contributed by atoms with Crippen molar-refractivity contribution in [2.75, 3.05) is 13.7 Å². The molecule has 0 amide bonds. The van der Waals surface area contributed by atoms with Gasteiger partial charge in [0.05, 0.1) is 7.11 Å². The van der Waals surface area contributed by atoms with Crippen LogP contribution in [0.2, 0.25) is 0 Å². The number of hydrogen-bond donors (Lipinski definition) is 1. The van der Waals surface area contributed by atoms with Crippen LogP contribution >= 0.6 is 0 Å². The Kier molecular flexibility index (Phi) is 4.58. The molecule has 0 aliphatic rings. The van der Waals surface area contributed by atoms with Crippen LogP contribution in [0.4, 0.5) is 0 Å². The van der Waals surface area contributed by atoms with Gasteiger partial charge in [0, 0.05) is 5.92 Å². The van der Waals surface area contributed by atoms with Crippen LogP contribution in [0.1, 0.15) is 22.6 Å². The van der Waals surface area contributed by atoms with Crippen molar-refractivity contribution in [3.63, 3.8) is 0 Å². The Hall–Kier alpha value is -1.80. The third-order valence-electron chi connectivity index (χ3n) is 3.49. The molecule has 19 heavy (non-hydrogen) atoms. The predicted molar refractivity (Wildman–Crippen MR) is 79.7 cm³/mol. The average Bonchev–Trinajstić information content (AvgIpc) is 2.46. The normalized spacial score (nSPS) is 12.2. The molecule has 0 aliphatic heterocycles. The second-order valence-electron chi connectivity index (χ2n) is 4.86. The van der Waals surface area contributed by atoms with Crippen LogP contribution in [0.25, 0.3) is 0 Å². The molecule has 0 saturated carbocycles. The number of ether oxygens (including phenoxy) is 1. The molecule has 2 aromatic rings. The number of para-hydroxylation sites is 1. The van der Waals surface area contributed by atoms with Gasteiger partial charge in [-0.05, 0) is 37.1 Å². The van der Waals surface area contributed by atoms with Crippen molar-refractivity contribution in [3.05, 3.63) is 65.2 Å². The molecular weight excluding hydrogens is 234 g/mol. The Morgan fingerprint density at radius 2 is 1.74 bits per heavy atom. The average molecular weight is 255 g/mol. The van der Waals surface area contributed by atoms with Gasteiger partial charge in [-0.3, -0.25) is 0 Å². The smallest absolute Gasteiger partial charge is 0.122 e. The van der Waals surface area contributed by atoms with Crippen molar-refractivity contribution in [2.45, 2.75) is 19.3 Å². The van der Waals surface area contributed by atoms with E-state index in [4.69, 9.17) is 10.5 Å². The molecule has 1 atom stereocenters. The van der Waals surface area contributed by atoms with Gasteiger partial charge >= 0.3 is 0 Å². The molecule has 1 unspecified atom stereocenters. The van der Waals surface area contributed by atoms with E-state index >= 15 is 0 Å². The number of aryl methyl sites for hydroxylation is 1. The first kappa shape index (κ1) is 13.6. The van der Waals surface area contributed by atoms with Gasteiger partial charge in [-0.2, -0.15) is 0 Å². The second kappa shape index (κ2) is 6.39. The van der Waals surface area contributed by atoms with Crippen LogP contribution < -0.4 is 10.5 Å². The number of methoxy groups -OCH3 is 1. The molecule has 100 valence electrons. The highest BCUT2D eigenvalue weighted by molar-refractivity contribution is 5.36. The summed E-state index contributed by atoms with van der Waals surface area (Å²) in [6, 6.07) is 16.8. The van der Waals surface area contributed by atoms with Crippen molar-refractivity contribution < 1.29 is 4.74 Å². The first-order chi connectivity index (χ1) is 9.24. The fourth-order valence-corrected chi connectivity index (χ4v) is 2.31. The van der Waals surface area contributed by atoms with E-state index in [0.29, 0.717) is 12.5 Å². The lowest BCUT2D eigenvalue weighted by Crippen LogP contribution is -2.15. The quantitative estimate of drug-likeness (QED) is 0.889. The first-order valence-corrected chi connectivity index (χ1v) is 6.63. The van der Waals surface area contributed by atoms with Gasteiger partial charge in [-0.25, -0.2) is 0 Å². The summed E-state index contributed by atoms with van der Waals surface area (Å²) in [5, 5.41) is 0. The minimum Gasteiger partial charge on any atom is -0.496 e. The zero-order valence-electron chi connectivity index (χ0n) is 11.6. The van der Waals surface area contributed by atoms with Gasteiger partial charge in [0.15, 0.2) is 0 Å². The van der Waals surface area contributed by atoms with Gasteiger partial charge in [0.2, 0.25) is 0 Å². The van der Waals surface area contributed by atoms with E-state index in [0.717, 1.165) is 12.2 Å². The summed E-state index contributed by atoms with van der Waals surface area (Å²) < 4.78 is 5.40. The summed E-state index contributed by atoms with van der Waals surface area (Å²) in [6.07, 6.45) is 0.906. The number of benzene rings is 2. The number of nitrogens with two attached hydrogens (primary N) is 1. The molecule has 0 heterocycles. The molecule has 0 radical (unpaired) electrons. The van der Waals surface area contributed by atoms with Crippen LogP contribution in [0.3, 0.4) is 0 Å². The SMILES string of the molecule is COc1ccccc1CC(CN)c1ccc(C)cc1. The molecule has 2 nitrogen and oxygen atoms in total. The van der Waals surface area contributed by atoms with Crippen molar-refractivity contribution in [3.8, 4) is 5.75 Å². The van der Waals surface area contributed by atoms with Crippen LogP contribution in [0.15, 0.2) is 48.5 Å². The zero-order valence-corrected chi connectivity index (χ0v) is 11.6. The largest absolute Gasteiger partial charge is 0.496 e. The maximum Gasteiger partial charge on any atom is 0.122 e. The Bertz CT molecular complexity index is 519. The highest BCUT2D eigenvalue weighted by Gasteiger charge is 2.13. The lowest BCUT2D eigenvalue weighted by atomic mass is 9.91. The standard InChI is InChI=1S/C17H21NO/c1-13-7-9-14(10-8-13)16(12-18)11-15-5-3-4-6-17(15)19-2/h3-10,16H,11-12,18H2,1-2H3. The Labute approximate surface area is 115 Å². The Balaban J connectivity index is 2.21. The molecule has 0 aromatic heterocycles. The lowest BCUT2D eigenvalue weighted by Gasteiger charge is -2.17. The van der Waals surface area contributed by atoms with Gasteiger partial charge in [-0.15, -0.1) is 0 Å². The lowest BCUT2D eigenvalue weighted by molar-refractivity contribution is 0.408. The number of hydrogen-bond acceptors (Lipinski definition) is 2. The Morgan fingerprint density at radius 3 is 2.37 bits per heavy atom. The van der Waals surface area contributed by atoms with E-state index in [-0.39, 0.29) is 0 Å². The summed E-state index contributed by atoms with van der Waals surface area (Å²) in [6.45, 7) is 2.74. The molecule has 2 N–H and O–H groups in total. The van der Waals surface area contributed by atoms with Crippen LogP contribution in [-0.2, 0) is 6.42 Å². The van der Waals surface area contributed by atoms with E-state index in [9.17, 15) is 0 Å². The van der Waals surface area contributed by atoms with Gasteiger partial charge < -0.3 is 10.5 Å². The summed E-state index contributed by atoms with van der Waals surface area (Å²) >= 11 is 0. The first-order valence-electron chi connectivity index (χ1n) is 6.63. The third-order valence-corrected chi connectivity index (χ3v) is 3.49. The van der Waals surface area contributed by atoms with Crippen molar-refractivity contribution in [1.29, 1.82) is 0 Å². The van der Waals surface area contributed by atoms with Crippen LogP contribution in [-0.4, -0.2) is 13.7 Å². The van der Waals surface area contributed by atoms with E-state index < -0.39 is 0 Å². The highest BCUT2D eigenvalue weighted by atomic mass is 16.5. The molecule has 2 aromatic carbocycles.